The van der Waals surface area contributed by atoms with Gasteiger partial charge in [0.25, 0.3) is 0 Å². The summed E-state index contributed by atoms with van der Waals surface area (Å²) in [4.78, 5) is 13.5. The van der Waals surface area contributed by atoms with Crippen LogP contribution in [0, 0.1) is 0 Å². The number of esters is 1. The van der Waals surface area contributed by atoms with Crippen molar-refractivity contribution in [2.45, 2.75) is 18.4 Å². The number of rotatable bonds is 3. The van der Waals surface area contributed by atoms with E-state index in [1.807, 2.05) is 12.1 Å². The third-order valence-corrected chi connectivity index (χ3v) is 3.58. The zero-order chi connectivity index (χ0) is 13.9. The maximum absolute atomic E-state index is 11.4. The van der Waals surface area contributed by atoms with Gasteiger partial charge in [0.05, 0.1) is 24.8 Å². The number of aliphatic hydroxyl groups excluding tert-OH is 1. The maximum atomic E-state index is 11.4. The highest BCUT2D eigenvalue weighted by atomic mass is 16.5. The number of aliphatic hydroxyl groups is 1. The summed E-state index contributed by atoms with van der Waals surface area (Å²) >= 11 is 0. The van der Waals surface area contributed by atoms with Crippen molar-refractivity contribution in [1.82, 2.24) is 0 Å². The molecule has 19 heavy (non-hydrogen) atoms. The minimum atomic E-state index is -0.529. The molecule has 1 aliphatic heterocycles. The average Bonchev–Trinajstić information content (AvgIpc) is 2.46. The van der Waals surface area contributed by atoms with E-state index in [-0.39, 0.29) is 12.6 Å². The Kier molecular flexibility index (Phi) is 4.07. The van der Waals surface area contributed by atoms with Crippen LogP contribution in [0.2, 0.25) is 0 Å². The van der Waals surface area contributed by atoms with Crippen molar-refractivity contribution in [2.24, 2.45) is 5.73 Å². The molecule has 1 heterocycles. The minimum absolute atomic E-state index is 0.0102. The Bertz CT molecular complexity index is 447. The Balaban J connectivity index is 2.12. The van der Waals surface area contributed by atoms with Crippen molar-refractivity contribution in [3.8, 4) is 0 Å². The first kappa shape index (κ1) is 13.8. The van der Waals surface area contributed by atoms with E-state index < -0.39 is 5.54 Å². The van der Waals surface area contributed by atoms with E-state index >= 15 is 0 Å². The van der Waals surface area contributed by atoms with Gasteiger partial charge >= 0.3 is 5.97 Å². The third kappa shape index (κ3) is 3.05. The Hall–Kier alpha value is -1.59. The van der Waals surface area contributed by atoms with Gasteiger partial charge < -0.3 is 20.5 Å². The van der Waals surface area contributed by atoms with Crippen LogP contribution < -0.4 is 10.6 Å². The van der Waals surface area contributed by atoms with Crippen molar-refractivity contribution in [2.75, 3.05) is 31.7 Å². The number of methoxy groups -OCH3 is 1. The molecule has 5 heteroatoms. The SMILES string of the molecule is COC(=O)c1ccc(N2CCCC(N)(CO)C2)cc1. The second-order valence-corrected chi connectivity index (χ2v) is 5.08. The molecule has 0 aromatic heterocycles. The van der Waals surface area contributed by atoms with E-state index in [0.29, 0.717) is 12.1 Å². The van der Waals surface area contributed by atoms with Crippen LogP contribution in [0.1, 0.15) is 23.2 Å². The molecule has 104 valence electrons. The number of nitrogens with two attached hydrogens (primary N) is 1. The van der Waals surface area contributed by atoms with E-state index in [1.54, 1.807) is 12.1 Å². The van der Waals surface area contributed by atoms with Crippen LogP contribution in [0.25, 0.3) is 0 Å². The molecule has 0 bridgehead atoms. The van der Waals surface area contributed by atoms with Gasteiger partial charge in [-0.15, -0.1) is 0 Å². The molecule has 1 saturated heterocycles. The van der Waals surface area contributed by atoms with Gasteiger partial charge in [0, 0.05) is 18.8 Å². The van der Waals surface area contributed by atoms with Crippen molar-refractivity contribution in [3.05, 3.63) is 29.8 Å². The fourth-order valence-electron chi connectivity index (χ4n) is 2.44. The summed E-state index contributed by atoms with van der Waals surface area (Å²) in [6.07, 6.45) is 1.79. The Morgan fingerprint density at radius 3 is 2.74 bits per heavy atom. The molecule has 1 aliphatic rings. The summed E-state index contributed by atoms with van der Waals surface area (Å²) in [7, 11) is 1.37. The summed E-state index contributed by atoms with van der Waals surface area (Å²) in [5, 5.41) is 9.35. The molecule has 1 unspecified atom stereocenters. The van der Waals surface area contributed by atoms with E-state index in [4.69, 9.17) is 5.73 Å². The maximum Gasteiger partial charge on any atom is 0.337 e. The van der Waals surface area contributed by atoms with Gasteiger partial charge in [-0.3, -0.25) is 0 Å². The number of nitrogens with zero attached hydrogens (tertiary/aromatic N) is 1. The molecule has 1 aromatic rings. The summed E-state index contributed by atoms with van der Waals surface area (Å²) in [5.41, 5.74) is 7.13. The standard InChI is InChI=1S/C14H20N2O3/c1-19-13(18)11-3-5-12(6-4-11)16-8-2-7-14(15,9-16)10-17/h3-6,17H,2,7-10,15H2,1H3. The first-order valence-electron chi connectivity index (χ1n) is 6.41. The molecule has 3 N–H and O–H groups in total. The second-order valence-electron chi connectivity index (χ2n) is 5.08. The number of hydrogen-bond acceptors (Lipinski definition) is 5. The van der Waals surface area contributed by atoms with Gasteiger partial charge in [0.1, 0.15) is 0 Å². The molecule has 0 aliphatic carbocycles. The van der Waals surface area contributed by atoms with Crippen LogP contribution in [0.3, 0.4) is 0 Å². The lowest BCUT2D eigenvalue weighted by Crippen LogP contribution is -2.56. The van der Waals surface area contributed by atoms with E-state index in [9.17, 15) is 9.90 Å². The minimum Gasteiger partial charge on any atom is -0.465 e. The lowest BCUT2D eigenvalue weighted by molar-refractivity contribution is 0.0601. The largest absolute Gasteiger partial charge is 0.465 e. The number of hydrogen-bond donors (Lipinski definition) is 2. The molecule has 0 amide bonds. The third-order valence-electron chi connectivity index (χ3n) is 3.58. The molecule has 2 rings (SSSR count). The van der Waals surface area contributed by atoms with Gasteiger partial charge in [-0.25, -0.2) is 4.79 Å². The lowest BCUT2D eigenvalue weighted by Gasteiger charge is -2.40. The molecule has 1 fully saturated rings. The topological polar surface area (TPSA) is 75.8 Å². The summed E-state index contributed by atoms with van der Waals surface area (Å²) < 4.78 is 4.67. The predicted octanol–water partition coefficient (Wildman–Crippen LogP) is 0.763. The van der Waals surface area contributed by atoms with Crippen molar-refractivity contribution in [3.63, 3.8) is 0 Å². The first-order chi connectivity index (χ1) is 9.08. The molecule has 0 spiro atoms. The number of carbonyl (C=O) groups is 1. The fraction of sp³-hybridized carbons (Fsp3) is 0.500. The van der Waals surface area contributed by atoms with Crippen LogP contribution in [0.4, 0.5) is 5.69 Å². The van der Waals surface area contributed by atoms with Crippen molar-refractivity contribution in [1.29, 1.82) is 0 Å². The quantitative estimate of drug-likeness (QED) is 0.788. The molecule has 1 aromatic carbocycles. The molecule has 0 saturated carbocycles. The fourth-order valence-corrected chi connectivity index (χ4v) is 2.44. The van der Waals surface area contributed by atoms with Crippen LogP contribution in [0.15, 0.2) is 24.3 Å². The Labute approximate surface area is 113 Å². The predicted molar refractivity (Wildman–Crippen MR) is 73.2 cm³/mol. The van der Waals surface area contributed by atoms with Crippen LogP contribution >= 0.6 is 0 Å². The van der Waals surface area contributed by atoms with Gasteiger partial charge in [0.15, 0.2) is 0 Å². The highest BCUT2D eigenvalue weighted by Gasteiger charge is 2.31. The van der Waals surface area contributed by atoms with E-state index in [2.05, 4.69) is 9.64 Å². The number of benzene rings is 1. The lowest BCUT2D eigenvalue weighted by atomic mass is 9.90. The summed E-state index contributed by atoms with van der Waals surface area (Å²) in [6.45, 7) is 1.53. The van der Waals surface area contributed by atoms with Gasteiger partial charge in [0.2, 0.25) is 0 Å². The van der Waals surface area contributed by atoms with Crippen LogP contribution in [-0.2, 0) is 4.74 Å². The van der Waals surface area contributed by atoms with Crippen LogP contribution in [-0.4, -0.2) is 43.4 Å². The molecule has 0 radical (unpaired) electrons. The number of piperidine rings is 1. The smallest absolute Gasteiger partial charge is 0.337 e. The number of anilines is 1. The number of ether oxygens (including phenoxy) is 1. The monoisotopic (exact) mass is 264 g/mol. The zero-order valence-electron chi connectivity index (χ0n) is 11.1. The zero-order valence-corrected chi connectivity index (χ0v) is 11.1. The molecule has 5 nitrogen and oxygen atoms in total. The van der Waals surface area contributed by atoms with E-state index in [0.717, 1.165) is 25.1 Å². The molecular weight excluding hydrogens is 244 g/mol. The molecular formula is C14H20N2O3. The van der Waals surface area contributed by atoms with E-state index in [1.165, 1.54) is 7.11 Å². The van der Waals surface area contributed by atoms with Crippen molar-refractivity contribution >= 4 is 11.7 Å². The summed E-state index contributed by atoms with van der Waals surface area (Å²) in [5.74, 6) is -0.339. The highest BCUT2D eigenvalue weighted by Crippen LogP contribution is 2.24. The van der Waals surface area contributed by atoms with Crippen molar-refractivity contribution < 1.29 is 14.6 Å². The summed E-state index contributed by atoms with van der Waals surface area (Å²) in [6, 6.07) is 7.25. The number of carbonyl (C=O) groups excluding carboxylic acids is 1. The normalized spacial score (nSPS) is 23.2. The molecule has 1 atom stereocenters. The van der Waals surface area contributed by atoms with Gasteiger partial charge in [-0.05, 0) is 37.1 Å². The Morgan fingerprint density at radius 1 is 1.47 bits per heavy atom. The van der Waals surface area contributed by atoms with Crippen LogP contribution in [0.5, 0.6) is 0 Å². The van der Waals surface area contributed by atoms with Gasteiger partial charge in [-0.2, -0.15) is 0 Å². The van der Waals surface area contributed by atoms with Gasteiger partial charge in [-0.1, -0.05) is 0 Å². The average molecular weight is 264 g/mol. The highest BCUT2D eigenvalue weighted by molar-refractivity contribution is 5.89. The second kappa shape index (κ2) is 5.59. The Morgan fingerprint density at radius 2 is 2.16 bits per heavy atom. The first-order valence-corrected chi connectivity index (χ1v) is 6.41.